The molecule has 1 aliphatic heterocycles. The van der Waals surface area contributed by atoms with E-state index < -0.39 is 7.14 Å². The summed E-state index contributed by atoms with van der Waals surface area (Å²) < 4.78 is 18.1. The Morgan fingerprint density at radius 2 is 1.29 bits per heavy atom. The second-order valence-electron chi connectivity index (χ2n) is 14.2. The first-order chi connectivity index (χ1) is 25.5. The molecule has 1 aliphatic carbocycles. The first-order valence-electron chi connectivity index (χ1n) is 18.3. The van der Waals surface area contributed by atoms with Crippen LogP contribution in [0.2, 0.25) is 0 Å². The lowest BCUT2D eigenvalue weighted by molar-refractivity contribution is 0.590. The Bertz CT molecular complexity index is 2840. The van der Waals surface area contributed by atoms with Crippen LogP contribution in [0.4, 0.5) is 0 Å². The van der Waals surface area contributed by atoms with E-state index in [-0.39, 0.29) is 0 Å². The average molecular weight is 689 g/mol. The lowest BCUT2D eigenvalue weighted by Gasteiger charge is -2.31. The topological polar surface area (TPSA) is 34.9 Å². The zero-order valence-electron chi connectivity index (χ0n) is 29.3. The Morgan fingerprint density at radius 3 is 1.96 bits per heavy atom. The molecule has 0 saturated carbocycles. The van der Waals surface area contributed by atoms with Crippen LogP contribution in [0.1, 0.15) is 26.1 Å². The Kier molecular flexibility index (Phi) is 7.10. The van der Waals surface area contributed by atoms with Crippen molar-refractivity contribution in [2.24, 2.45) is 5.92 Å². The predicted octanol–water partition coefficient (Wildman–Crippen LogP) is 12.0. The predicted molar refractivity (Wildman–Crippen MR) is 220 cm³/mol. The Balaban J connectivity index is 1.26. The van der Waals surface area contributed by atoms with Crippen LogP contribution < -0.4 is 10.6 Å². The number of rotatable bonds is 5. The molecule has 2 heterocycles. The van der Waals surface area contributed by atoms with Crippen LogP contribution in [-0.4, -0.2) is 9.55 Å². The fourth-order valence-corrected chi connectivity index (χ4v) is 11.7. The average Bonchev–Trinajstić information content (AvgIpc) is 3.59. The number of allylic oxidation sites excluding steroid dienone is 4. The first-order valence-corrected chi connectivity index (χ1v) is 20.0. The number of hydrogen-bond acceptors (Lipinski definition) is 2. The highest BCUT2D eigenvalue weighted by molar-refractivity contribution is 7.83. The highest BCUT2D eigenvalue weighted by atomic mass is 31.2. The van der Waals surface area contributed by atoms with Gasteiger partial charge in [0, 0.05) is 22.3 Å². The molecular weight excluding hydrogens is 652 g/mol. The van der Waals surface area contributed by atoms with E-state index in [1.165, 1.54) is 43.8 Å². The summed E-state index contributed by atoms with van der Waals surface area (Å²) in [5.74, 6) is 1.42. The van der Waals surface area contributed by atoms with Crippen LogP contribution in [0, 0.1) is 5.92 Å². The minimum absolute atomic E-state index is 0.434. The largest absolute Gasteiger partial charge is 0.308 e. The molecule has 0 N–H and O–H groups in total. The van der Waals surface area contributed by atoms with Crippen molar-refractivity contribution < 1.29 is 4.57 Å². The quantitative estimate of drug-likeness (QED) is 0.133. The Hall–Kier alpha value is -5.76. The summed E-state index contributed by atoms with van der Waals surface area (Å²) in [5, 5.41) is 7.61. The van der Waals surface area contributed by atoms with Crippen LogP contribution in [0.15, 0.2) is 163 Å². The summed E-state index contributed by atoms with van der Waals surface area (Å²) in [7, 11) is -3.16. The van der Waals surface area contributed by atoms with Gasteiger partial charge in [0.05, 0.1) is 16.7 Å². The highest BCUT2D eigenvalue weighted by Crippen LogP contribution is 2.58. The van der Waals surface area contributed by atoms with Crippen molar-refractivity contribution in [3.05, 3.63) is 169 Å². The highest BCUT2D eigenvalue weighted by Gasteiger charge is 2.41. The number of aryl methyl sites for hydroxylation is 1. The van der Waals surface area contributed by atoms with Gasteiger partial charge in [0.15, 0.2) is 7.14 Å². The monoisotopic (exact) mass is 688 g/mol. The molecule has 2 aliphatic rings. The molecule has 2 unspecified atom stereocenters. The summed E-state index contributed by atoms with van der Waals surface area (Å²) in [6.07, 6.45) is 8.19. The summed E-state index contributed by atoms with van der Waals surface area (Å²) in [6, 6.07) is 50.0. The molecule has 4 heteroatoms. The van der Waals surface area contributed by atoms with Crippen LogP contribution in [0.5, 0.6) is 0 Å². The van der Waals surface area contributed by atoms with E-state index in [0.29, 0.717) is 5.92 Å². The molecule has 7 aromatic carbocycles. The molecule has 0 radical (unpaired) electrons. The van der Waals surface area contributed by atoms with Crippen molar-refractivity contribution in [2.75, 3.05) is 0 Å². The minimum Gasteiger partial charge on any atom is -0.308 e. The van der Waals surface area contributed by atoms with Crippen molar-refractivity contribution in [2.45, 2.75) is 26.7 Å². The van der Waals surface area contributed by atoms with Gasteiger partial charge in [-0.25, -0.2) is 4.98 Å². The van der Waals surface area contributed by atoms with Crippen molar-refractivity contribution in [1.29, 1.82) is 0 Å². The lowest BCUT2D eigenvalue weighted by Crippen LogP contribution is -2.29. The minimum atomic E-state index is -3.16. The van der Waals surface area contributed by atoms with Gasteiger partial charge in [-0.1, -0.05) is 141 Å². The number of hydrogen-bond donors (Lipinski definition) is 0. The van der Waals surface area contributed by atoms with Gasteiger partial charge in [0.25, 0.3) is 0 Å². The fraction of sp³-hybridized carbons (Fsp3) is 0.104. The van der Waals surface area contributed by atoms with Gasteiger partial charge in [-0.15, -0.1) is 0 Å². The number of aromatic nitrogens is 2. The lowest BCUT2D eigenvalue weighted by atomic mass is 9.85. The van der Waals surface area contributed by atoms with Crippen LogP contribution in [0.3, 0.4) is 0 Å². The summed E-state index contributed by atoms with van der Waals surface area (Å²) >= 11 is 0. The zero-order valence-corrected chi connectivity index (χ0v) is 30.1. The molecule has 1 aromatic heterocycles. The molecule has 0 saturated heterocycles. The first kappa shape index (κ1) is 31.0. The van der Waals surface area contributed by atoms with Crippen molar-refractivity contribution in [3.63, 3.8) is 0 Å². The van der Waals surface area contributed by atoms with E-state index in [0.717, 1.165) is 62.4 Å². The van der Waals surface area contributed by atoms with Crippen molar-refractivity contribution >= 4 is 50.3 Å². The maximum atomic E-state index is 15.8. The summed E-state index contributed by atoms with van der Waals surface area (Å²) in [4.78, 5) is 5.08. The Morgan fingerprint density at radius 1 is 0.654 bits per heavy atom. The molecule has 8 aromatic rings. The maximum Gasteiger partial charge on any atom is 0.174 e. The second-order valence-corrected chi connectivity index (χ2v) is 16.9. The summed E-state index contributed by atoms with van der Waals surface area (Å²) in [5.41, 5.74) is 9.94. The molecule has 0 bridgehead atoms. The van der Waals surface area contributed by atoms with Gasteiger partial charge in [-0.3, -0.25) is 4.57 Å². The number of benzene rings is 7. The molecule has 3 nitrogen and oxygen atoms in total. The molecule has 52 heavy (non-hydrogen) atoms. The second kappa shape index (κ2) is 11.9. The molecule has 0 amide bonds. The van der Waals surface area contributed by atoms with Crippen LogP contribution in [-0.2, 0) is 11.0 Å². The van der Waals surface area contributed by atoms with Gasteiger partial charge in [0.1, 0.15) is 5.82 Å². The van der Waals surface area contributed by atoms with Crippen LogP contribution >= 0.6 is 7.14 Å². The van der Waals surface area contributed by atoms with Crippen molar-refractivity contribution in [1.82, 2.24) is 9.55 Å². The molecular formula is C48H37N2OP. The fourth-order valence-electron chi connectivity index (χ4n) is 8.60. The van der Waals surface area contributed by atoms with E-state index in [2.05, 4.69) is 170 Å². The van der Waals surface area contributed by atoms with Crippen molar-refractivity contribution in [3.8, 4) is 39.1 Å². The smallest absolute Gasteiger partial charge is 0.174 e. The molecule has 2 atom stereocenters. The van der Waals surface area contributed by atoms with Gasteiger partial charge >= 0.3 is 0 Å². The van der Waals surface area contributed by atoms with Gasteiger partial charge < -0.3 is 4.57 Å². The van der Waals surface area contributed by atoms with E-state index in [9.17, 15) is 0 Å². The number of imidazole rings is 1. The van der Waals surface area contributed by atoms with Gasteiger partial charge in [-0.2, -0.15) is 0 Å². The summed E-state index contributed by atoms with van der Waals surface area (Å²) in [6.45, 7) is 4.36. The maximum absolute atomic E-state index is 15.8. The third-order valence-electron chi connectivity index (χ3n) is 11.1. The van der Waals surface area contributed by atoms with E-state index in [1.807, 2.05) is 6.07 Å². The molecule has 250 valence electrons. The Labute approximate surface area is 304 Å². The van der Waals surface area contributed by atoms with Crippen LogP contribution in [0.25, 0.3) is 71.6 Å². The molecule has 0 fully saturated rings. The van der Waals surface area contributed by atoms with E-state index >= 15 is 4.57 Å². The number of fused-ring (bicyclic) bond motifs is 4. The molecule has 0 spiro atoms. The number of para-hydroxylation sites is 1. The normalized spacial score (nSPS) is 17.8. The zero-order chi connectivity index (χ0) is 35.0. The third-order valence-corrected chi connectivity index (χ3v) is 14.2. The van der Waals surface area contributed by atoms with E-state index in [1.54, 1.807) is 0 Å². The SMILES string of the molecule is CCc1nc2cccc3c2n1-c1cc(-c2ccc4c(-c5ccccc5)c5ccccc5c(-c5ccccc5)c4c2)ccc1P3(=O)C1=CCC(C)C=C1. The van der Waals surface area contributed by atoms with Gasteiger partial charge in [-0.05, 0) is 97.6 Å². The molecule has 10 rings (SSSR count). The third kappa shape index (κ3) is 4.52. The van der Waals surface area contributed by atoms with E-state index in [4.69, 9.17) is 4.98 Å². The standard InChI is InChI=1S/C48H37N2OP/c1-3-45-49-41-19-12-20-44-48(41)50(45)42-30-35(24-28-43(42)52(44,51)36-25-21-31(2)22-26-36)34-23-27-39-40(29-34)47(33-15-8-5-9-16-33)38-18-11-10-17-37(38)46(39)32-13-6-4-7-14-32/h4-21,23-31H,3,22H2,1-2H3. The van der Waals surface area contributed by atoms with Gasteiger partial charge in [0.2, 0.25) is 0 Å². The number of nitrogens with zero attached hydrogens (tertiary/aromatic N) is 2.